The zero-order chi connectivity index (χ0) is 21.3. The summed E-state index contributed by atoms with van der Waals surface area (Å²) in [5.74, 6) is 2.79. The number of benzene rings is 2. The minimum absolute atomic E-state index is 0.0756. The molecule has 2 aromatic rings. The third kappa shape index (κ3) is 4.46. The zero-order valence-corrected chi connectivity index (χ0v) is 17.8. The number of nitrogens with one attached hydrogen (secondary N) is 2. The van der Waals surface area contributed by atoms with Crippen LogP contribution in [-0.4, -0.2) is 11.8 Å². The van der Waals surface area contributed by atoms with Crippen molar-refractivity contribution in [1.29, 1.82) is 0 Å². The van der Waals surface area contributed by atoms with Gasteiger partial charge >= 0.3 is 0 Å². The molecule has 4 saturated carbocycles. The predicted molar refractivity (Wildman–Crippen MR) is 118 cm³/mol. The van der Waals surface area contributed by atoms with Crippen LogP contribution in [0.5, 0.6) is 5.75 Å². The summed E-state index contributed by atoms with van der Waals surface area (Å²) in [5.41, 5.74) is 6.75. The molecule has 5 heteroatoms. The van der Waals surface area contributed by atoms with Crippen LogP contribution in [0.3, 0.4) is 0 Å². The topological polar surface area (TPSA) is 67.4 Å². The van der Waals surface area contributed by atoms with Gasteiger partial charge < -0.3 is 4.74 Å². The molecule has 4 fully saturated rings. The highest BCUT2D eigenvalue weighted by molar-refractivity contribution is 5.96. The van der Waals surface area contributed by atoms with Gasteiger partial charge in [0.1, 0.15) is 12.4 Å². The molecule has 0 aromatic heterocycles. The molecule has 0 spiro atoms. The summed E-state index contributed by atoms with van der Waals surface area (Å²) in [4.78, 5) is 25.5. The molecule has 4 bridgehead atoms. The van der Waals surface area contributed by atoms with Crippen LogP contribution < -0.4 is 15.6 Å². The first kappa shape index (κ1) is 20.1. The van der Waals surface area contributed by atoms with Crippen LogP contribution >= 0.6 is 0 Å². The summed E-state index contributed by atoms with van der Waals surface area (Å²) >= 11 is 0. The first-order chi connectivity index (χ1) is 15.1. The van der Waals surface area contributed by atoms with Crippen molar-refractivity contribution in [2.75, 3.05) is 0 Å². The van der Waals surface area contributed by atoms with Crippen LogP contribution in [-0.2, 0) is 11.4 Å². The van der Waals surface area contributed by atoms with Crippen LogP contribution in [0.15, 0.2) is 54.6 Å². The Kier molecular flexibility index (Phi) is 5.43. The maximum Gasteiger partial charge on any atom is 0.270 e. The standard InChI is InChI=1S/C26H30N2O3/c29-24(16-26-13-18-10-19(14-26)12-20(11-18)15-26)27-28-25(30)23-9-5-4-6-21(23)17-31-22-7-2-1-3-8-22/h1-9,18-20H,10-17H2,(H,27,29)(H,28,30). The molecule has 2 amide bonds. The average Bonchev–Trinajstić information content (AvgIpc) is 2.76. The number of para-hydroxylation sites is 1. The maximum atomic E-state index is 12.8. The van der Waals surface area contributed by atoms with Crippen LogP contribution in [0, 0.1) is 23.2 Å². The highest BCUT2D eigenvalue weighted by Crippen LogP contribution is 2.61. The molecule has 31 heavy (non-hydrogen) atoms. The number of ether oxygens (including phenoxy) is 1. The van der Waals surface area contributed by atoms with Gasteiger partial charge in [0.25, 0.3) is 5.91 Å². The lowest BCUT2D eigenvalue weighted by Gasteiger charge is -2.56. The molecule has 6 rings (SSSR count). The monoisotopic (exact) mass is 418 g/mol. The van der Waals surface area contributed by atoms with E-state index in [9.17, 15) is 9.59 Å². The van der Waals surface area contributed by atoms with Gasteiger partial charge in [0.05, 0.1) is 0 Å². The van der Waals surface area contributed by atoms with E-state index in [2.05, 4.69) is 10.9 Å². The summed E-state index contributed by atoms with van der Waals surface area (Å²) in [5, 5.41) is 0. The summed E-state index contributed by atoms with van der Waals surface area (Å²) in [6, 6.07) is 16.8. The minimum atomic E-state index is -0.314. The summed E-state index contributed by atoms with van der Waals surface area (Å²) in [7, 11) is 0. The van der Waals surface area contributed by atoms with E-state index in [1.807, 2.05) is 48.5 Å². The molecular formula is C26H30N2O3. The summed E-state index contributed by atoms with van der Waals surface area (Å²) in [6.07, 6.45) is 8.15. The van der Waals surface area contributed by atoms with E-state index in [0.29, 0.717) is 12.0 Å². The van der Waals surface area contributed by atoms with Crippen molar-refractivity contribution in [3.8, 4) is 5.75 Å². The zero-order valence-electron chi connectivity index (χ0n) is 17.8. The second-order valence-electron chi connectivity index (χ2n) is 9.86. The maximum absolute atomic E-state index is 12.8. The van der Waals surface area contributed by atoms with E-state index in [-0.39, 0.29) is 23.8 Å². The molecule has 5 nitrogen and oxygen atoms in total. The molecule has 4 aliphatic rings. The smallest absolute Gasteiger partial charge is 0.270 e. The summed E-state index contributed by atoms with van der Waals surface area (Å²) < 4.78 is 5.80. The van der Waals surface area contributed by atoms with Crippen LogP contribution in [0.2, 0.25) is 0 Å². The Morgan fingerprint density at radius 2 is 1.45 bits per heavy atom. The number of amides is 2. The van der Waals surface area contributed by atoms with Crippen LogP contribution in [0.1, 0.15) is 60.9 Å². The van der Waals surface area contributed by atoms with Crippen molar-refractivity contribution < 1.29 is 14.3 Å². The van der Waals surface area contributed by atoms with Gasteiger partial charge in [-0.2, -0.15) is 0 Å². The first-order valence-electron chi connectivity index (χ1n) is 11.4. The van der Waals surface area contributed by atoms with E-state index < -0.39 is 0 Å². The van der Waals surface area contributed by atoms with Gasteiger partial charge in [0.2, 0.25) is 5.91 Å². The molecule has 0 heterocycles. The first-order valence-corrected chi connectivity index (χ1v) is 11.4. The van der Waals surface area contributed by atoms with Crippen molar-refractivity contribution in [3.63, 3.8) is 0 Å². The number of hydrogen-bond donors (Lipinski definition) is 2. The Morgan fingerprint density at radius 1 is 0.839 bits per heavy atom. The SMILES string of the molecule is O=C(CC12CC3CC(CC(C3)C1)C2)NNC(=O)c1ccccc1COc1ccccc1. The fourth-order valence-electron chi connectivity index (χ4n) is 6.63. The molecule has 0 saturated heterocycles. The third-order valence-electron chi connectivity index (χ3n) is 7.42. The minimum Gasteiger partial charge on any atom is -0.489 e. The quantitative estimate of drug-likeness (QED) is 0.672. The van der Waals surface area contributed by atoms with E-state index in [0.717, 1.165) is 29.1 Å². The Labute approximate surface area is 183 Å². The lowest BCUT2D eigenvalue weighted by Crippen LogP contribution is -2.50. The van der Waals surface area contributed by atoms with Crippen molar-refractivity contribution >= 4 is 11.8 Å². The normalized spacial score (nSPS) is 28.2. The highest BCUT2D eigenvalue weighted by Gasteiger charge is 2.51. The molecule has 2 N–H and O–H groups in total. The fraction of sp³-hybridized carbons (Fsp3) is 0.462. The van der Waals surface area contributed by atoms with Crippen LogP contribution in [0.25, 0.3) is 0 Å². The second-order valence-corrected chi connectivity index (χ2v) is 9.86. The molecule has 0 atom stereocenters. The Hall–Kier alpha value is -2.82. The van der Waals surface area contributed by atoms with Gasteiger partial charge in [-0.05, 0) is 79.9 Å². The van der Waals surface area contributed by atoms with Gasteiger partial charge in [0, 0.05) is 17.5 Å². The third-order valence-corrected chi connectivity index (χ3v) is 7.42. The molecule has 2 aromatic carbocycles. The highest BCUT2D eigenvalue weighted by atomic mass is 16.5. The van der Waals surface area contributed by atoms with E-state index in [4.69, 9.17) is 4.74 Å². The lowest BCUT2D eigenvalue weighted by atomic mass is 9.49. The van der Waals surface area contributed by atoms with Gasteiger partial charge in [-0.15, -0.1) is 0 Å². The Morgan fingerprint density at radius 3 is 2.13 bits per heavy atom. The lowest BCUT2D eigenvalue weighted by molar-refractivity contribution is -0.130. The van der Waals surface area contributed by atoms with Crippen molar-refractivity contribution in [1.82, 2.24) is 10.9 Å². The van der Waals surface area contributed by atoms with Crippen LogP contribution in [0.4, 0.5) is 0 Å². The Bertz CT molecular complexity index is 921. The number of carbonyl (C=O) groups is 2. The Balaban J connectivity index is 1.17. The van der Waals surface area contributed by atoms with Gasteiger partial charge in [-0.25, -0.2) is 0 Å². The molecule has 0 unspecified atom stereocenters. The van der Waals surface area contributed by atoms with Crippen molar-refractivity contribution in [2.45, 2.75) is 51.6 Å². The average molecular weight is 419 g/mol. The molecule has 162 valence electrons. The summed E-state index contributed by atoms with van der Waals surface area (Å²) in [6.45, 7) is 0.287. The van der Waals surface area contributed by atoms with E-state index >= 15 is 0 Å². The predicted octanol–water partition coefficient (Wildman–Crippen LogP) is 4.63. The number of hydrogen-bond acceptors (Lipinski definition) is 3. The molecule has 0 radical (unpaired) electrons. The van der Waals surface area contributed by atoms with Gasteiger partial charge in [-0.3, -0.25) is 20.4 Å². The molecule has 4 aliphatic carbocycles. The second kappa shape index (κ2) is 8.37. The van der Waals surface area contributed by atoms with E-state index in [1.54, 1.807) is 6.07 Å². The largest absolute Gasteiger partial charge is 0.489 e. The van der Waals surface area contributed by atoms with Gasteiger partial charge in [0.15, 0.2) is 0 Å². The van der Waals surface area contributed by atoms with E-state index in [1.165, 1.54) is 38.5 Å². The van der Waals surface area contributed by atoms with Crippen molar-refractivity contribution in [2.24, 2.45) is 23.2 Å². The molecule has 0 aliphatic heterocycles. The number of hydrazine groups is 1. The van der Waals surface area contributed by atoms with Gasteiger partial charge in [-0.1, -0.05) is 36.4 Å². The van der Waals surface area contributed by atoms with Crippen molar-refractivity contribution in [3.05, 3.63) is 65.7 Å². The fourth-order valence-corrected chi connectivity index (χ4v) is 6.63. The number of rotatable bonds is 6. The molecular weight excluding hydrogens is 388 g/mol. The number of carbonyl (C=O) groups excluding carboxylic acids is 2.